The fourth-order valence-corrected chi connectivity index (χ4v) is 4.88. The lowest BCUT2D eigenvalue weighted by Crippen LogP contribution is -2.38. The van der Waals surface area contributed by atoms with Crippen molar-refractivity contribution in [2.75, 3.05) is 22.7 Å². The van der Waals surface area contributed by atoms with E-state index in [2.05, 4.69) is 10.6 Å². The number of aryl methyl sites for hydroxylation is 1. The van der Waals surface area contributed by atoms with Crippen LogP contribution in [0.25, 0.3) is 0 Å². The number of anilines is 2. The van der Waals surface area contributed by atoms with Gasteiger partial charge in [0.05, 0.1) is 21.8 Å². The number of halogens is 1. The first-order valence-electron chi connectivity index (χ1n) is 11.1. The second-order valence-electron chi connectivity index (χ2n) is 8.46. The summed E-state index contributed by atoms with van der Waals surface area (Å²) in [5.74, 6) is -0.669. The van der Waals surface area contributed by atoms with Crippen molar-refractivity contribution in [1.29, 1.82) is 0 Å². The number of rotatable bonds is 9. The molecule has 0 aliphatic carbocycles. The standard InChI is InChI=1S/C26H28ClN3O4S/c1-18(2)16-28-26(32)22-11-7-8-12-24(22)29-25(31)17-30(20-14-13-19(3)23(27)15-20)35(33,34)21-9-5-4-6-10-21/h4-15,18H,16-17H2,1-3H3,(H,28,32)(H,29,31). The van der Waals surface area contributed by atoms with E-state index in [0.29, 0.717) is 11.6 Å². The molecule has 0 aliphatic heterocycles. The van der Waals surface area contributed by atoms with Crippen LogP contribution in [-0.4, -0.2) is 33.3 Å². The third-order valence-electron chi connectivity index (χ3n) is 5.18. The van der Waals surface area contributed by atoms with Gasteiger partial charge in [-0.15, -0.1) is 0 Å². The Bertz CT molecular complexity index is 1310. The lowest BCUT2D eigenvalue weighted by molar-refractivity contribution is -0.114. The van der Waals surface area contributed by atoms with Crippen LogP contribution in [0, 0.1) is 12.8 Å². The SMILES string of the molecule is Cc1ccc(N(CC(=O)Nc2ccccc2C(=O)NCC(C)C)S(=O)(=O)c2ccccc2)cc1Cl. The molecule has 0 saturated carbocycles. The average Bonchev–Trinajstić information content (AvgIpc) is 2.83. The van der Waals surface area contributed by atoms with Gasteiger partial charge in [0.15, 0.2) is 0 Å². The number of hydrogen-bond acceptors (Lipinski definition) is 4. The van der Waals surface area contributed by atoms with Crippen LogP contribution in [0.4, 0.5) is 11.4 Å². The number of carbonyl (C=O) groups excluding carboxylic acids is 2. The Kier molecular flexibility index (Phi) is 8.53. The van der Waals surface area contributed by atoms with Crippen molar-refractivity contribution in [3.05, 3.63) is 88.9 Å². The topological polar surface area (TPSA) is 95.6 Å². The second kappa shape index (κ2) is 11.4. The molecule has 0 aromatic heterocycles. The lowest BCUT2D eigenvalue weighted by atomic mass is 10.1. The molecule has 3 rings (SSSR count). The van der Waals surface area contributed by atoms with E-state index in [0.717, 1.165) is 9.87 Å². The Hall–Kier alpha value is -3.36. The highest BCUT2D eigenvalue weighted by Gasteiger charge is 2.28. The van der Waals surface area contributed by atoms with Crippen LogP contribution in [0.15, 0.2) is 77.7 Å². The molecular weight excluding hydrogens is 486 g/mol. The molecule has 0 bridgehead atoms. The van der Waals surface area contributed by atoms with Crippen molar-refractivity contribution < 1.29 is 18.0 Å². The Morgan fingerprint density at radius 2 is 1.63 bits per heavy atom. The molecule has 2 N–H and O–H groups in total. The third-order valence-corrected chi connectivity index (χ3v) is 7.37. The van der Waals surface area contributed by atoms with Crippen molar-refractivity contribution in [3.63, 3.8) is 0 Å². The van der Waals surface area contributed by atoms with Crippen molar-refractivity contribution in [2.45, 2.75) is 25.7 Å². The average molecular weight is 514 g/mol. The molecule has 0 aliphatic rings. The second-order valence-corrected chi connectivity index (χ2v) is 10.7. The summed E-state index contributed by atoms with van der Waals surface area (Å²) in [5.41, 5.74) is 1.61. The zero-order chi connectivity index (χ0) is 25.6. The molecule has 0 heterocycles. The maximum absolute atomic E-state index is 13.5. The molecule has 0 fully saturated rings. The van der Waals surface area contributed by atoms with E-state index in [9.17, 15) is 18.0 Å². The summed E-state index contributed by atoms with van der Waals surface area (Å²) < 4.78 is 28.0. The zero-order valence-electron chi connectivity index (χ0n) is 19.8. The lowest BCUT2D eigenvalue weighted by Gasteiger charge is -2.25. The molecule has 7 nitrogen and oxygen atoms in total. The van der Waals surface area contributed by atoms with Crippen molar-refractivity contribution in [2.24, 2.45) is 5.92 Å². The number of hydrogen-bond donors (Lipinski definition) is 2. The van der Waals surface area contributed by atoms with Crippen LogP contribution in [0.3, 0.4) is 0 Å². The Morgan fingerprint density at radius 1 is 0.971 bits per heavy atom. The summed E-state index contributed by atoms with van der Waals surface area (Å²) in [6, 6.07) is 19.2. The van der Waals surface area contributed by atoms with Crippen molar-refractivity contribution >= 4 is 44.8 Å². The van der Waals surface area contributed by atoms with Crippen molar-refractivity contribution in [1.82, 2.24) is 5.32 Å². The van der Waals surface area contributed by atoms with Gasteiger partial charge in [0, 0.05) is 11.6 Å². The summed E-state index contributed by atoms with van der Waals surface area (Å²) in [7, 11) is -4.08. The Balaban J connectivity index is 1.91. The predicted molar refractivity (Wildman–Crippen MR) is 139 cm³/mol. The van der Waals surface area contributed by atoms with E-state index >= 15 is 0 Å². The first-order valence-corrected chi connectivity index (χ1v) is 12.9. The van der Waals surface area contributed by atoms with Crippen LogP contribution in [0.2, 0.25) is 5.02 Å². The number of benzene rings is 3. The first-order chi connectivity index (χ1) is 16.6. The molecular formula is C26H28ClN3O4S. The van der Waals surface area contributed by atoms with Gasteiger partial charge in [-0.2, -0.15) is 0 Å². The maximum atomic E-state index is 13.5. The zero-order valence-corrected chi connectivity index (χ0v) is 21.4. The van der Waals surface area contributed by atoms with Gasteiger partial charge in [-0.3, -0.25) is 13.9 Å². The number of carbonyl (C=O) groups is 2. The largest absolute Gasteiger partial charge is 0.352 e. The van der Waals surface area contributed by atoms with Crippen LogP contribution >= 0.6 is 11.6 Å². The predicted octanol–water partition coefficient (Wildman–Crippen LogP) is 4.87. The number of nitrogens with one attached hydrogen (secondary N) is 2. The van der Waals surface area contributed by atoms with E-state index in [1.54, 1.807) is 61.5 Å². The van der Waals surface area contributed by atoms with E-state index < -0.39 is 22.5 Å². The van der Waals surface area contributed by atoms with Gasteiger partial charge in [0.25, 0.3) is 15.9 Å². The summed E-state index contributed by atoms with van der Waals surface area (Å²) in [6.07, 6.45) is 0. The van der Waals surface area contributed by atoms with Gasteiger partial charge in [-0.05, 0) is 54.8 Å². The van der Waals surface area contributed by atoms with E-state index in [1.165, 1.54) is 18.2 Å². The number of para-hydroxylation sites is 1. The summed E-state index contributed by atoms with van der Waals surface area (Å²) >= 11 is 6.26. The maximum Gasteiger partial charge on any atom is 0.264 e. The fourth-order valence-electron chi connectivity index (χ4n) is 3.27. The highest BCUT2D eigenvalue weighted by Crippen LogP contribution is 2.28. The van der Waals surface area contributed by atoms with Gasteiger partial charge in [-0.1, -0.05) is 61.8 Å². The Labute approximate surface area is 211 Å². The highest BCUT2D eigenvalue weighted by atomic mass is 35.5. The molecule has 0 saturated heterocycles. The molecule has 0 unspecified atom stereocenters. The molecule has 184 valence electrons. The van der Waals surface area contributed by atoms with E-state index in [-0.39, 0.29) is 33.7 Å². The van der Waals surface area contributed by atoms with Gasteiger partial charge >= 0.3 is 0 Å². The summed E-state index contributed by atoms with van der Waals surface area (Å²) in [6.45, 7) is 5.73. The van der Waals surface area contributed by atoms with Gasteiger partial charge in [0.2, 0.25) is 5.91 Å². The van der Waals surface area contributed by atoms with Crippen LogP contribution < -0.4 is 14.9 Å². The first kappa shape index (κ1) is 26.2. The molecule has 0 atom stereocenters. The monoisotopic (exact) mass is 513 g/mol. The molecule has 2 amide bonds. The minimum Gasteiger partial charge on any atom is -0.352 e. The molecule has 3 aromatic rings. The minimum absolute atomic E-state index is 0.0398. The van der Waals surface area contributed by atoms with Crippen LogP contribution in [0.1, 0.15) is 29.8 Å². The molecule has 9 heteroatoms. The van der Waals surface area contributed by atoms with Crippen molar-refractivity contribution in [3.8, 4) is 0 Å². The van der Waals surface area contributed by atoms with Crippen LogP contribution in [0.5, 0.6) is 0 Å². The number of sulfonamides is 1. The van der Waals surface area contributed by atoms with Gasteiger partial charge < -0.3 is 10.6 Å². The molecule has 0 spiro atoms. The fraction of sp³-hybridized carbons (Fsp3) is 0.231. The smallest absolute Gasteiger partial charge is 0.264 e. The normalized spacial score (nSPS) is 11.2. The van der Waals surface area contributed by atoms with Gasteiger partial charge in [-0.25, -0.2) is 8.42 Å². The van der Waals surface area contributed by atoms with E-state index in [4.69, 9.17) is 11.6 Å². The molecule has 35 heavy (non-hydrogen) atoms. The molecule has 0 radical (unpaired) electrons. The van der Waals surface area contributed by atoms with Gasteiger partial charge in [0.1, 0.15) is 6.54 Å². The third kappa shape index (κ3) is 6.61. The number of amides is 2. The number of nitrogens with zero attached hydrogens (tertiary/aromatic N) is 1. The highest BCUT2D eigenvalue weighted by molar-refractivity contribution is 7.92. The van der Waals surface area contributed by atoms with E-state index in [1.807, 2.05) is 13.8 Å². The molecule has 3 aromatic carbocycles. The minimum atomic E-state index is -4.08. The summed E-state index contributed by atoms with van der Waals surface area (Å²) in [4.78, 5) is 25.8. The summed E-state index contributed by atoms with van der Waals surface area (Å²) in [5, 5.41) is 5.89. The quantitative estimate of drug-likeness (QED) is 0.426. The van der Waals surface area contributed by atoms with Crippen LogP contribution in [-0.2, 0) is 14.8 Å². The Morgan fingerprint density at radius 3 is 2.29 bits per heavy atom.